The van der Waals surface area contributed by atoms with E-state index in [-0.39, 0.29) is 12.3 Å². The quantitative estimate of drug-likeness (QED) is 0.414. The van der Waals surface area contributed by atoms with E-state index in [0.717, 1.165) is 12.8 Å². The molecular weight excluding hydrogens is 220 g/mol. The summed E-state index contributed by atoms with van der Waals surface area (Å²) in [5.41, 5.74) is 5.53. The Morgan fingerprint density at radius 3 is 2.82 bits per heavy atom. The second kappa shape index (κ2) is 11.4. The highest BCUT2D eigenvalue weighted by Crippen LogP contribution is 1.90. The van der Waals surface area contributed by atoms with Gasteiger partial charge in [-0.15, -0.1) is 12.3 Å². The van der Waals surface area contributed by atoms with E-state index in [1.165, 1.54) is 0 Å². The normalized spacial score (nSPS) is 11.8. The molecule has 0 fully saturated rings. The predicted octanol–water partition coefficient (Wildman–Crippen LogP) is -0.104. The van der Waals surface area contributed by atoms with Crippen LogP contribution in [0.1, 0.15) is 19.3 Å². The molecule has 0 aromatic carbocycles. The SMILES string of the molecule is C#CCC(N)C(=O)NCCCCOCCOC. The highest BCUT2D eigenvalue weighted by Gasteiger charge is 2.10. The van der Waals surface area contributed by atoms with Gasteiger partial charge in [0.1, 0.15) is 0 Å². The minimum absolute atomic E-state index is 0.191. The second-order valence-electron chi connectivity index (χ2n) is 3.62. The highest BCUT2D eigenvalue weighted by atomic mass is 16.5. The molecule has 0 aliphatic heterocycles. The van der Waals surface area contributed by atoms with E-state index < -0.39 is 6.04 Å². The Morgan fingerprint density at radius 2 is 2.18 bits per heavy atom. The van der Waals surface area contributed by atoms with Gasteiger partial charge in [-0.2, -0.15) is 0 Å². The molecular formula is C12H22N2O3. The molecule has 98 valence electrons. The lowest BCUT2D eigenvalue weighted by Gasteiger charge is -2.09. The van der Waals surface area contributed by atoms with Crippen LogP contribution in [0.15, 0.2) is 0 Å². The number of hydrogen-bond acceptors (Lipinski definition) is 4. The third-order valence-corrected chi connectivity index (χ3v) is 2.12. The summed E-state index contributed by atoms with van der Waals surface area (Å²) in [5.74, 6) is 2.17. The van der Waals surface area contributed by atoms with E-state index in [1.807, 2.05) is 0 Å². The standard InChI is InChI=1S/C12H22N2O3/c1-3-6-11(13)12(15)14-7-4-5-8-17-10-9-16-2/h1,11H,4-10,13H2,2H3,(H,14,15). The van der Waals surface area contributed by atoms with Crippen molar-refractivity contribution < 1.29 is 14.3 Å². The van der Waals surface area contributed by atoms with Gasteiger partial charge in [-0.25, -0.2) is 0 Å². The summed E-state index contributed by atoms with van der Waals surface area (Å²) in [6.45, 7) is 2.49. The molecule has 0 heterocycles. The fourth-order valence-corrected chi connectivity index (χ4v) is 1.14. The molecule has 0 saturated heterocycles. The van der Waals surface area contributed by atoms with Gasteiger partial charge in [-0.05, 0) is 12.8 Å². The van der Waals surface area contributed by atoms with E-state index >= 15 is 0 Å². The number of methoxy groups -OCH3 is 1. The Morgan fingerprint density at radius 1 is 1.41 bits per heavy atom. The van der Waals surface area contributed by atoms with Crippen molar-refractivity contribution in [3.05, 3.63) is 0 Å². The van der Waals surface area contributed by atoms with Crippen LogP contribution in [-0.2, 0) is 14.3 Å². The zero-order valence-electron chi connectivity index (χ0n) is 10.4. The zero-order chi connectivity index (χ0) is 12.9. The van der Waals surface area contributed by atoms with Crippen LogP contribution in [-0.4, -0.2) is 45.4 Å². The number of unbranched alkanes of at least 4 members (excludes halogenated alkanes) is 1. The number of carbonyl (C=O) groups excluding carboxylic acids is 1. The molecule has 0 aliphatic rings. The third kappa shape index (κ3) is 9.82. The summed E-state index contributed by atoms with van der Waals surface area (Å²) >= 11 is 0. The molecule has 0 bridgehead atoms. The number of carbonyl (C=O) groups is 1. The molecule has 17 heavy (non-hydrogen) atoms. The molecule has 0 saturated carbocycles. The monoisotopic (exact) mass is 242 g/mol. The van der Waals surface area contributed by atoms with Crippen molar-refractivity contribution in [3.63, 3.8) is 0 Å². The molecule has 0 rings (SSSR count). The summed E-state index contributed by atoms with van der Waals surface area (Å²) in [5, 5.41) is 2.73. The minimum atomic E-state index is -0.599. The van der Waals surface area contributed by atoms with Crippen LogP contribution in [0.5, 0.6) is 0 Å². The second-order valence-corrected chi connectivity index (χ2v) is 3.62. The van der Waals surface area contributed by atoms with Crippen molar-refractivity contribution in [2.45, 2.75) is 25.3 Å². The first-order valence-electron chi connectivity index (χ1n) is 5.75. The van der Waals surface area contributed by atoms with Crippen molar-refractivity contribution in [2.24, 2.45) is 5.73 Å². The van der Waals surface area contributed by atoms with Crippen LogP contribution in [0.4, 0.5) is 0 Å². The number of rotatable bonds is 10. The van der Waals surface area contributed by atoms with Crippen molar-refractivity contribution >= 4 is 5.91 Å². The van der Waals surface area contributed by atoms with E-state index in [2.05, 4.69) is 11.2 Å². The molecule has 1 amide bonds. The summed E-state index contributed by atoms with van der Waals surface area (Å²) in [6, 6.07) is -0.599. The van der Waals surface area contributed by atoms with Gasteiger partial charge in [-0.3, -0.25) is 4.79 Å². The predicted molar refractivity (Wildman–Crippen MR) is 66.4 cm³/mol. The van der Waals surface area contributed by atoms with E-state index in [1.54, 1.807) is 7.11 Å². The topological polar surface area (TPSA) is 73.6 Å². The van der Waals surface area contributed by atoms with Crippen LogP contribution in [0.3, 0.4) is 0 Å². The molecule has 5 heteroatoms. The van der Waals surface area contributed by atoms with Gasteiger partial charge < -0.3 is 20.5 Å². The molecule has 0 spiro atoms. The number of nitrogens with two attached hydrogens (primary N) is 1. The maximum Gasteiger partial charge on any atom is 0.237 e. The van der Waals surface area contributed by atoms with Gasteiger partial charge in [0.05, 0.1) is 19.3 Å². The Bertz CT molecular complexity index is 238. The number of amides is 1. The summed E-state index contributed by atoms with van der Waals surface area (Å²) in [4.78, 5) is 11.3. The first kappa shape index (κ1) is 15.9. The van der Waals surface area contributed by atoms with E-state index in [0.29, 0.717) is 26.4 Å². The van der Waals surface area contributed by atoms with Crippen molar-refractivity contribution in [3.8, 4) is 12.3 Å². The Labute approximate surface area is 103 Å². The Balaban J connectivity index is 3.28. The van der Waals surface area contributed by atoms with E-state index in [4.69, 9.17) is 21.6 Å². The fourth-order valence-electron chi connectivity index (χ4n) is 1.14. The van der Waals surface area contributed by atoms with Gasteiger partial charge in [0.15, 0.2) is 0 Å². The van der Waals surface area contributed by atoms with Gasteiger partial charge in [0.25, 0.3) is 0 Å². The molecule has 5 nitrogen and oxygen atoms in total. The lowest BCUT2D eigenvalue weighted by atomic mass is 10.2. The average molecular weight is 242 g/mol. The lowest BCUT2D eigenvalue weighted by molar-refractivity contribution is -0.122. The van der Waals surface area contributed by atoms with Gasteiger partial charge >= 0.3 is 0 Å². The molecule has 0 aromatic rings. The number of nitrogens with one attached hydrogen (secondary N) is 1. The fraction of sp³-hybridized carbons (Fsp3) is 0.750. The lowest BCUT2D eigenvalue weighted by Crippen LogP contribution is -2.40. The first-order chi connectivity index (χ1) is 8.22. The van der Waals surface area contributed by atoms with Crippen molar-refractivity contribution in [1.82, 2.24) is 5.32 Å². The zero-order valence-corrected chi connectivity index (χ0v) is 10.4. The summed E-state index contributed by atoms with van der Waals surface area (Å²) in [7, 11) is 1.64. The highest BCUT2D eigenvalue weighted by molar-refractivity contribution is 5.81. The number of ether oxygens (including phenoxy) is 2. The Kier molecular flexibility index (Phi) is 10.7. The van der Waals surface area contributed by atoms with E-state index in [9.17, 15) is 4.79 Å². The molecule has 3 N–H and O–H groups in total. The maximum atomic E-state index is 11.3. The smallest absolute Gasteiger partial charge is 0.237 e. The van der Waals surface area contributed by atoms with Gasteiger partial charge in [-0.1, -0.05) is 0 Å². The third-order valence-electron chi connectivity index (χ3n) is 2.12. The number of terminal acetylenes is 1. The van der Waals surface area contributed by atoms with Gasteiger partial charge in [0, 0.05) is 26.7 Å². The molecule has 0 aromatic heterocycles. The van der Waals surface area contributed by atoms with Crippen molar-refractivity contribution in [1.29, 1.82) is 0 Å². The van der Waals surface area contributed by atoms with Crippen LogP contribution < -0.4 is 11.1 Å². The van der Waals surface area contributed by atoms with Crippen LogP contribution >= 0.6 is 0 Å². The Hall–Kier alpha value is -1.09. The van der Waals surface area contributed by atoms with Gasteiger partial charge in [0.2, 0.25) is 5.91 Å². The maximum absolute atomic E-state index is 11.3. The molecule has 1 atom stereocenters. The summed E-state index contributed by atoms with van der Waals surface area (Å²) < 4.78 is 10.1. The summed E-state index contributed by atoms with van der Waals surface area (Å²) in [6.07, 6.45) is 7.09. The average Bonchev–Trinajstić information content (AvgIpc) is 2.32. The molecule has 0 radical (unpaired) electrons. The largest absolute Gasteiger partial charge is 0.382 e. The first-order valence-corrected chi connectivity index (χ1v) is 5.75. The van der Waals surface area contributed by atoms with Crippen LogP contribution in [0, 0.1) is 12.3 Å². The molecule has 0 aliphatic carbocycles. The molecule has 1 unspecified atom stereocenters. The van der Waals surface area contributed by atoms with Crippen LogP contribution in [0.25, 0.3) is 0 Å². The van der Waals surface area contributed by atoms with Crippen LogP contribution in [0.2, 0.25) is 0 Å². The number of hydrogen-bond donors (Lipinski definition) is 2. The minimum Gasteiger partial charge on any atom is -0.382 e. The van der Waals surface area contributed by atoms with Crippen molar-refractivity contribution in [2.75, 3.05) is 33.5 Å².